The minimum atomic E-state index is -1.27. The SMILES string of the molecule is CCC(C)(NC(=O)Cc1csc(-c2ccccc2Cl)n1)C(=O)O. The van der Waals surface area contributed by atoms with Crippen LogP contribution in [0.2, 0.25) is 5.02 Å². The van der Waals surface area contributed by atoms with Gasteiger partial charge in [-0.25, -0.2) is 9.78 Å². The van der Waals surface area contributed by atoms with Crippen LogP contribution in [0.5, 0.6) is 0 Å². The second-order valence-corrected chi connectivity index (χ2v) is 6.60. The van der Waals surface area contributed by atoms with E-state index in [1.807, 2.05) is 18.2 Å². The first-order chi connectivity index (χ1) is 10.9. The highest BCUT2D eigenvalue weighted by Gasteiger charge is 2.32. The van der Waals surface area contributed by atoms with E-state index >= 15 is 0 Å². The van der Waals surface area contributed by atoms with Crippen molar-refractivity contribution in [2.45, 2.75) is 32.2 Å². The Balaban J connectivity index is 2.09. The van der Waals surface area contributed by atoms with Gasteiger partial charge in [-0.1, -0.05) is 36.7 Å². The van der Waals surface area contributed by atoms with Crippen LogP contribution in [0.4, 0.5) is 0 Å². The number of nitrogens with zero attached hydrogens (tertiary/aromatic N) is 1. The normalized spacial score (nSPS) is 13.3. The third-order valence-electron chi connectivity index (χ3n) is 3.59. The summed E-state index contributed by atoms with van der Waals surface area (Å²) in [6, 6.07) is 7.35. The first-order valence-corrected chi connectivity index (χ1v) is 8.35. The molecule has 1 unspecified atom stereocenters. The standard InChI is InChI=1S/C16H17ClN2O3S/c1-3-16(2,15(21)22)19-13(20)8-10-9-23-14(18-10)11-6-4-5-7-12(11)17/h4-7,9H,3,8H2,1-2H3,(H,19,20)(H,21,22). The highest BCUT2D eigenvalue weighted by molar-refractivity contribution is 7.13. The van der Waals surface area contributed by atoms with Gasteiger partial charge in [-0.15, -0.1) is 11.3 Å². The largest absolute Gasteiger partial charge is 0.480 e. The Hall–Kier alpha value is -1.92. The molecule has 0 spiro atoms. The topological polar surface area (TPSA) is 79.3 Å². The molecule has 0 saturated carbocycles. The lowest BCUT2D eigenvalue weighted by Gasteiger charge is -2.24. The number of carbonyl (C=O) groups is 2. The van der Waals surface area contributed by atoms with Crippen LogP contribution >= 0.6 is 22.9 Å². The molecule has 23 heavy (non-hydrogen) atoms. The zero-order valence-electron chi connectivity index (χ0n) is 12.8. The van der Waals surface area contributed by atoms with Crippen LogP contribution in [-0.2, 0) is 16.0 Å². The van der Waals surface area contributed by atoms with Gasteiger partial charge in [0.1, 0.15) is 10.5 Å². The van der Waals surface area contributed by atoms with Crippen molar-refractivity contribution >= 4 is 34.8 Å². The average Bonchev–Trinajstić information content (AvgIpc) is 2.95. The summed E-state index contributed by atoms with van der Waals surface area (Å²) in [5.41, 5.74) is 0.139. The molecule has 0 aliphatic heterocycles. The Bertz CT molecular complexity index is 732. The third kappa shape index (κ3) is 4.09. The fourth-order valence-corrected chi connectivity index (χ4v) is 3.10. The molecule has 0 bridgehead atoms. The molecule has 0 radical (unpaired) electrons. The van der Waals surface area contributed by atoms with Crippen molar-refractivity contribution < 1.29 is 14.7 Å². The van der Waals surface area contributed by atoms with Gasteiger partial charge in [0.25, 0.3) is 0 Å². The quantitative estimate of drug-likeness (QED) is 0.835. The van der Waals surface area contributed by atoms with Gasteiger partial charge in [0.15, 0.2) is 0 Å². The van der Waals surface area contributed by atoms with Gasteiger partial charge in [-0.05, 0) is 19.4 Å². The summed E-state index contributed by atoms with van der Waals surface area (Å²) in [4.78, 5) is 27.7. The fraction of sp³-hybridized carbons (Fsp3) is 0.312. The van der Waals surface area contributed by atoms with Gasteiger partial charge in [0.2, 0.25) is 5.91 Å². The smallest absolute Gasteiger partial charge is 0.329 e. The Kier molecular flexibility index (Phi) is 5.38. The van der Waals surface area contributed by atoms with Crippen molar-refractivity contribution in [3.63, 3.8) is 0 Å². The zero-order chi connectivity index (χ0) is 17.0. The second-order valence-electron chi connectivity index (χ2n) is 5.34. The van der Waals surface area contributed by atoms with Crippen molar-refractivity contribution in [3.8, 4) is 10.6 Å². The van der Waals surface area contributed by atoms with Gasteiger partial charge < -0.3 is 10.4 Å². The van der Waals surface area contributed by atoms with E-state index in [9.17, 15) is 14.7 Å². The van der Waals surface area contributed by atoms with Crippen molar-refractivity contribution in [3.05, 3.63) is 40.4 Å². The summed E-state index contributed by atoms with van der Waals surface area (Å²) in [6.07, 6.45) is 0.333. The number of halogens is 1. The molecule has 2 rings (SSSR count). The number of carboxylic acids is 1. The molecule has 1 aromatic heterocycles. The Morgan fingerprint density at radius 3 is 2.70 bits per heavy atom. The molecule has 1 heterocycles. The molecule has 2 aromatic rings. The third-order valence-corrected chi connectivity index (χ3v) is 4.85. The minimum Gasteiger partial charge on any atom is -0.480 e. The van der Waals surface area contributed by atoms with Gasteiger partial charge in [0.05, 0.1) is 17.1 Å². The number of hydrogen-bond donors (Lipinski definition) is 2. The van der Waals surface area contributed by atoms with Crippen molar-refractivity contribution in [1.82, 2.24) is 10.3 Å². The number of amides is 1. The van der Waals surface area contributed by atoms with Crippen LogP contribution < -0.4 is 5.32 Å². The number of nitrogens with one attached hydrogen (secondary N) is 1. The second kappa shape index (κ2) is 7.10. The summed E-state index contributed by atoms with van der Waals surface area (Å²) in [6.45, 7) is 3.20. The van der Waals surface area contributed by atoms with Crippen LogP contribution in [-0.4, -0.2) is 27.5 Å². The maximum atomic E-state index is 12.1. The highest BCUT2D eigenvalue weighted by atomic mass is 35.5. The number of benzene rings is 1. The minimum absolute atomic E-state index is 0.0316. The number of aromatic nitrogens is 1. The highest BCUT2D eigenvalue weighted by Crippen LogP contribution is 2.30. The van der Waals surface area contributed by atoms with Crippen molar-refractivity contribution in [2.75, 3.05) is 0 Å². The summed E-state index contributed by atoms with van der Waals surface area (Å²) in [5.74, 6) is -1.42. The lowest BCUT2D eigenvalue weighted by atomic mass is 9.99. The van der Waals surface area contributed by atoms with E-state index in [2.05, 4.69) is 10.3 Å². The van der Waals surface area contributed by atoms with Gasteiger partial charge >= 0.3 is 5.97 Å². The number of hydrogen-bond acceptors (Lipinski definition) is 4. The van der Waals surface area contributed by atoms with Crippen LogP contribution in [0.15, 0.2) is 29.6 Å². The maximum absolute atomic E-state index is 12.1. The van der Waals surface area contributed by atoms with E-state index in [4.69, 9.17) is 11.6 Å². The Labute approximate surface area is 143 Å². The molecule has 1 amide bonds. The molecule has 122 valence electrons. The lowest BCUT2D eigenvalue weighted by Crippen LogP contribution is -2.52. The number of aliphatic carboxylic acids is 1. The van der Waals surface area contributed by atoms with Crippen molar-refractivity contribution in [1.29, 1.82) is 0 Å². The molecule has 0 fully saturated rings. The van der Waals surface area contributed by atoms with Gasteiger partial charge in [-0.2, -0.15) is 0 Å². The zero-order valence-corrected chi connectivity index (χ0v) is 14.4. The average molecular weight is 353 g/mol. The lowest BCUT2D eigenvalue weighted by molar-refractivity contribution is -0.146. The summed E-state index contributed by atoms with van der Waals surface area (Å²) in [5, 5.41) is 14.9. The number of carbonyl (C=O) groups excluding carboxylic acids is 1. The molecule has 0 aliphatic rings. The summed E-state index contributed by atoms with van der Waals surface area (Å²) in [7, 11) is 0. The van der Waals surface area contributed by atoms with Crippen LogP contribution in [0, 0.1) is 0 Å². The Morgan fingerprint density at radius 2 is 2.09 bits per heavy atom. The first kappa shape index (κ1) is 17.4. The van der Waals surface area contributed by atoms with Crippen LogP contribution in [0.25, 0.3) is 10.6 Å². The van der Waals surface area contributed by atoms with Crippen LogP contribution in [0.1, 0.15) is 26.0 Å². The van der Waals surface area contributed by atoms with E-state index in [1.165, 1.54) is 18.3 Å². The number of thiazole rings is 1. The van der Waals surface area contributed by atoms with E-state index in [0.29, 0.717) is 17.1 Å². The molecule has 5 nitrogen and oxygen atoms in total. The molecule has 1 atom stereocenters. The van der Waals surface area contributed by atoms with E-state index in [0.717, 1.165) is 10.6 Å². The number of rotatable bonds is 6. The summed E-state index contributed by atoms with van der Waals surface area (Å²) < 4.78 is 0. The summed E-state index contributed by atoms with van der Waals surface area (Å²) >= 11 is 7.53. The van der Waals surface area contributed by atoms with E-state index in [-0.39, 0.29) is 12.3 Å². The fourth-order valence-electron chi connectivity index (χ4n) is 1.96. The number of carboxylic acid groups (broad SMARTS) is 1. The van der Waals surface area contributed by atoms with Gasteiger partial charge in [-0.3, -0.25) is 4.79 Å². The van der Waals surface area contributed by atoms with Gasteiger partial charge in [0, 0.05) is 10.9 Å². The molecular formula is C16H17ClN2O3S. The Morgan fingerprint density at radius 1 is 1.39 bits per heavy atom. The predicted molar refractivity (Wildman–Crippen MR) is 90.7 cm³/mol. The molecule has 0 saturated heterocycles. The predicted octanol–water partition coefficient (Wildman–Crippen LogP) is 3.38. The molecule has 2 N–H and O–H groups in total. The van der Waals surface area contributed by atoms with Crippen molar-refractivity contribution in [2.24, 2.45) is 0 Å². The molecule has 1 aromatic carbocycles. The molecule has 0 aliphatic carbocycles. The molecule has 7 heteroatoms. The monoisotopic (exact) mass is 352 g/mol. The first-order valence-electron chi connectivity index (χ1n) is 7.09. The van der Waals surface area contributed by atoms with E-state index in [1.54, 1.807) is 18.4 Å². The van der Waals surface area contributed by atoms with Crippen LogP contribution in [0.3, 0.4) is 0 Å². The molecular weight excluding hydrogens is 336 g/mol. The maximum Gasteiger partial charge on any atom is 0.329 e. The van der Waals surface area contributed by atoms with E-state index < -0.39 is 11.5 Å².